The highest BCUT2D eigenvalue weighted by atomic mass is 32.2. The molecule has 18 heavy (non-hydrogen) atoms. The lowest BCUT2D eigenvalue weighted by molar-refractivity contribution is -0.121. The van der Waals surface area contributed by atoms with Gasteiger partial charge in [-0.3, -0.25) is 14.9 Å². The van der Waals surface area contributed by atoms with E-state index in [1.807, 2.05) is 6.92 Å². The first kappa shape index (κ1) is 12.6. The Balaban J connectivity index is 1.96. The van der Waals surface area contributed by atoms with Crippen LogP contribution in [0.15, 0.2) is 10.3 Å². The number of aromatic amines is 1. The van der Waals surface area contributed by atoms with Gasteiger partial charge in [-0.25, -0.2) is 10.5 Å². The number of rotatable bonds is 4. The van der Waals surface area contributed by atoms with Gasteiger partial charge in [0.2, 0.25) is 17.0 Å². The topological polar surface area (TPSA) is 112 Å². The third-order valence-corrected chi connectivity index (χ3v) is 2.87. The summed E-state index contributed by atoms with van der Waals surface area (Å²) in [6.45, 7) is 1.98. The zero-order valence-electron chi connectivity index (χ0n) is 9.69. The number of nitrogens with one attached hydrogen (secondary N) is 3. The summed E-state index contributed by atoms with van der Waals surface area (Å²) in [6.07, 6.45) is 0.585. The van der Waals surface area contributed by atoms with Gasteiger partial charge in [0.05, 0.1) is 0 Å². The highest BCUT2D eigenvalue weighted by Crippen LogP contribution is 2.13. The van der Waals surface area contributed by atoms with Crippen LogP contribution in [-0.4, -0.2) is 38.5 Å². The van der Waals surface area contributed by atoms with Crippen molar-refractivity contribution in [2.75, 3.05) is 11.1 Å². The van der Waals surface area contributed by atoms with Crippen LogP contribution in [0.1, 0.15) is 19.8 Å². The number of H-pyrrole nitrogens is 1. The van der Waals surface area contributed by atoms with Crippen molar-refractivity contribution < 1.29 is 9.59 Å². The quantitative estimate of drug-likeness (QED) is 0.671. The van der Waals surface area contributed by atoms with Gasteiger partial charge in [0.15, 0.2) is 0 Å². The Bertz CT molecular complexity index is 497. The molecule has 0 saturated heterocycles. The molecule has 2 rings (SSSR count). The number of amides is 2. The van der Waals surface area contributed by atoms with E-state index in [0.29, 0.717) is 11.6 Å². The maximum atomic E-state index is 11.8. The van der Waals surface area contributed by atoms with Crippen molar-refractivity contribution in [1.82, 2.24) is 20.6 Å². The Morgan fingerprint density at radius 1 is 1.50 bits per heavy atom. The van der Waals surface area contributed by atoms with Crippen molar-refractivity contribution in [2.24, 2.45) is 5.10 Å². The Labute approximate surface area is 107 Å². The van der Waals surface area contributed by atoms with Gasteiger partial charge < -0.3 is 0 Å². The van der Waals surface area contributed by atoms with Crippen molar-refractivity contribution in [1.29, 1.82) is 0 Å². The fourth-order valence-electron chi connectivity index (χ4n) is 1.31. The molecule has 1 aromatic heterocycles. The minimum atomic E-state index is -0.390. The van der Waals surface area contributed by atoms with Gasteiger partial charge in [0.1, 0.15) is 5.71 Å². The number of anilines is 1. The maximum Gasteiger partial charge on any atom is 0.274 e. The Hall–Kier alpha value is -1.90. The largest absolute Gasteiger partial charge is 0.290 e. The van der Waals surface area contributed by atoms with Crippen LogP contribution in [0.4, 0.5) is 5.95 Å². The van der Waals surface area contributed by atoms with Crippen LogP contribution in [0.3, 0.4) is 0 Å². The fourth-order valence-corrected chi connectivity index (χ4v) is 1.84. The van der Waals surface area contributed by atoms with Crippen LogP contribution in [-0.2, 0) is 9.59 Å². The highest BCUT2D eigenvalue weighted by molar-refractivity contribution is 7.99. The van der Waals surface area contributed by atoms with Crippen LogP contribution < -0.4 is 10.7 Å². The number of hydrogen-bond acceptors (Lipinski definition) is 6. The molecule has 0 bridgehead atoms. The lowest BCUT2D eigenvalue weighted by atomic mass is 10.2. The van der Waals surface area contributed by atoms with E-state index in [1.54, 1.807) is 0 Å². The molecule has 2 amide bonds. The van der Waals surface area contributed by atoms with E-state index < -0.39 is 0 Å². The molecule has 8 nitrogen and oxygen atoms in total. The summed E-state index contributed by atoms with van der Waals surface area (Å²) in [4.78, 5) is 26.7. The minimum absolute atomic E-state index is 0.187. The van der Waals surface area contributed by atoms with E-state index in [-0.39, 0.29) is 29.9 Å². The molecule has 0 fully saturated rings. The second-order valence-electron chi connectivity index (χ2n) is 3.45. The summed E-state index contributed by atoms with van der Waals surface area (Å²) in [5.74, 6) is 0.548. The number of aromatic nitrogens is 3. The minimum Gasteiger partial charge on any atom is -0.290 e. The van der Waals surface area contributed by atoms with Crippen LogP contribution >= 0.6 is 11.8 Å². The summed E-state index contributed by atoms with van der Waals surface area (Å²) in [5, 5.41) is 13.3. The SMILES string of the molecule is CCSc1n[nH]c(NC(=O)C2=NNC(=O)CC2)n1. The van der Waals surface area contributed by atoms with Crippen molar-refractivity contribution >= 4 is 35.2 Å². The molecule has 0 radical (unpaired) electrons. The summed E-state index contributed by atoms with van der Waals surface area (Å²) in [6, 6.07) is 0. The van der Waals surface area contributed by atoms with Crippen LogP contribution in [0.5, 0.6) is 0 Å². The van der Waals surface area contributed by atoms with Crippen LogP contribution in [0, 0.1) is 0 Å². The lowest BCUT2D eigenvalue weighted by Crippen LogP contribution is -2.33. The number of hydrogen-bond donors (Lipinski definition) is 3. The lowest BCUT2D eigenvalue weighted by Gasteiger charge is -2.10. The molecule has 3 N–H and O–H groups in total. The molecule has 2 heterocycles. The second-order valence-corrected chi connectivity index (χ2v) is 4.68. The molecule has 0 saturated carbocycles. The predicted octanol–water partition coefficient (Wildman–Crippen LogP) is 0.121. The fraction of sp³-hybridized carbons (Fsp3) is 0.444. The first-order valence-corrected chi connectivity index (χ1v) is 6.39. The first-order chi connectivity index (χ1) is 8.69. The van der Waals surface area contributed by atoms with Gasteiger partial charge in [0.25, 0.3) is 5.91 Å². The zero-order chi connectivity index (χ0) is 13.0. The van der Waals surface area contributed by atoms with Crippen LogP contribution in [0.25, 0.3) is 0 Å². The molecule has 1 aliphatic rings. The molecular formula is C9H12N6O2S. The van der Waals surface area contributed by atoms with E-state index in [2.05, 4.69) is 31.0 Å². The molecule has 9 heteroatoms. The molecule has 0 atom stereocenters. The predicted molar refractivity (Wildman–Crippen MR) is 66.2 cm³/mol. The summed E-state index contributed by atoms with van der Waals surface area (Å²) < 4.78 is 0. The van der Waals surface area contributed by atoms with E-state index in [0.717, 1.165) is 5.75 Å². The monoisotopic (exact) mass is 268 g/mol. The first-order valence-electron chi connectivity index (χ1n) is 5.41. The average Bonchev–Trinajstić information content (AvgIpc) is 2.78. The molecule has 0 unspecified atom stereocenters. The van der Waals surface area contributed by atoms with Gasteiger partial charge in [-0.05, 0) is 5.75 Å². The van der Waals surface area contributed by atoms with E-state index in [9.17, 15) is 9.59 Å². The number of thioether (sulfide) groups is 1. The van der Waals surface area contributed by atoms with E-state index in [1.165, 1.54) is 11.8 Å². The standard InChI is InChI=1S/C9H12N6O2S/c1-2-18-9-11-8(14-15-9)10-7(17)5-3-4-6(16)13-12-5/h2-4H2,1H3,(H,13,16)(H2,10,11,14,15,17). The number of carbonyl (C=O) groups is 2. The van der Waals surface area contributed by atoms with Crippen molar-refractivity contribution in [3.63, 3.8) is 0 Å². The maximum absolute atomic E-state index is 11.8. The third-order valence-electron chi connectivity index (χ3n) is 2.14. The number of carbonyl (C=O) groups excluding carboxylic acids is 2. The summed E-state index contributed by atoms with van der Waals surface area (Å²) in [7, 11) is 0. The number of hydrazone groups is 1. The zero-order valence-corrected chi connectivity index (χ0v) is 10.5. The Kier molecular flexibility index (Phi) is 3.92. The van der Waals surface area contributed by atoms with Crippen molar-refractivity contribution in [2.45, 2.75) is 24.9 Å². The molecule has 0 aliphatic carbocycles. The van der Waals surface area contributed by atoms with Gasteiger partial charge in [-0.15, -0.1) is 5.10 Å². The average molecular weight is 268 g/mol. The molecule has 1 aromatic rings. The van der Waals surface area contributed by atoms with E-state index in [4.69, 9.17) is 0 Å². The summed E-state index contributed by atoms with van der Waals surface area (Å²) >= 11 is 1.47. The Morgan fingerprint density at radius 2 is 2.33 bits per heavy atom. The van der Waals surface area contributed by atoms with Gasteiger partial charge in [-0.1, -0.05) is 18.7 Å². The van der Waals surface area contributed by atoms with Gasteiger partial charge in [0, 0.05) is 12.8 Å². The molecular weight excluding hydrogens is 256 g/mol. The third kappa shape index (κ3) is 3.06. The molecule has 1 aliphatic heterocycles. The molecule has 96 valence electrons. The second kappa shape index (κ2) is 5.63. The van der Waals surface area contributed by atoms with Gasteiger partial charge >= 0.3 is 0 Å². The van der Waals surface area contributed by atoms with Crippen molar-refractivity contribution in [3.05, 3.63) is 0 Å². The normalized spacial score (nSPS) is 14.9. The van der Waals surface area contributed by atoms with E-state index >= 15 is 0 Å². The smallest absolute Gasteiger partial charge is 0.274 e. The van der Waals surface area contributed by atoms with Crippen LogP contribution in [0.2, 0.25) is 0 Å². The number of nitrogens with zero attached hydrogens (tertiary/aromatic N) is 3. The van der Waals surface area contributed by atoms with Gasteiger partial charge in [-0.2, -0.15) is 10.1 Å². The summed E-state index contributed by atoms with van der Waals surface area (Å²) in [5.41, 5.74) is 2.54. The van der Waals surface area contributed by atoms with Crippen molar-refractivity contribution in [3.8, 4) is 0 Å². The molecule has 0 spiro atoms. The Morgan fingerprint density at radius 3 is 3.00 bits per heavy atom. The molecule has 0 aromatic carbocycles. The highest BCUT2D eigenvalue weighted by Gasteiger charge is 2.19.